The smallest absolute Gasteiger partial charge is 0.238 e. The molecule has 4 N–H and O–H groups in total. The van der Waals surface area contributed by atoms with Crippen LogP contribution in [0.2, 0.25) is 0 Å². The number of halogens is 1. The number of nitrogens with zero attached hydrogens (tertiary/aromatic N) is 1. The maximum absolute atomic E-state index is 13.7. The number of rotatable bonds is 6. The largest absolute Gasteiger partial charge is 0.342 e. The number of sulfonamides is 1. The van der Waals surface area contributed by atoms with Crippen LogP contribution in [-0.2, 0) is 21.2 Å². The van der Waals surface area contributed by atoms with Crippen LogP contribution in [0, 0.1) is 5.82 Å². The molecule has 7 nitrogen and oxygen atoms in total. The van der Waals surface area contributed by atoms with Crippen LogP contribution in [0.4, 0.5) is 10.1 Å². The summed E-state index contributed by atoms with van der Waals surface area (Å²) >= 11 is 0. The van der Waals surface area contributed by atoms with Crippen LogP contribution >= 0.6 is 0 Å². The van der Waals surface area contributed by atoms with Crippen molar-refractivity contribution in [2.45, 2.75) is 30.1 Å². The number of hydrogen-bond acceptors (Lipinski definition) is 4. The topological polar surface area (TPSA) is 118 Å². The second kappa shape index (κ2) is 7.41. The lowest BCUT2D eigenvalue weighted by Crippen LogP contribution is -2.17. The zero-order valence-electron chi connectivity index (χ0n) is 15.4. The second-order valence-corrected chi connectivity index (χ2v) is 8.56. The van der Waals surface area contributed by atoms with E-state index in [1.807, 2.05) is 0 Å². The molecule has 1 aliphatic carbocycles. The predicted molar refractivity (Wildman–Crippen MR) is 106 cm³/mol. The standard InChI is InChI=1S/C20H19FN4O3S/c21-16-4-2-1-3-13(16)9-19(26)24-14-7-8-15(18(10-14)29(22,27)28)20-23-11-17(25-20)12-5-6-12/h1-4,7-8,10-12H,5-6,9H2,(H,23,25)(H,24,26)(H2,22,27,28). The van der Waals surface area contributed by atoms with Crippen LogP contribution in [-0.4, -0.2) is 24.3 Å². The average molecular weight is 414 g/mol. The molecule has 1 heterocycles. The molecule has 9 heteroatoms. The maximum Gasteiger partial charge on any atom is 0.238 e. The molecule has 150 valence electrons. The van der Waals surface area contributed by atoms with Gasteiger partial charge in [0.2, 0.25) is 15.9 Å². The molecular formula is C20H19FN4O3S. The highest BCUT2D eigenvalue weighted by Crippen LogP contribution is 2.40. The molecule has 4 rings (SSSR count). The van der Waals surface area contributed by atoms with E-state index in [1.54, 1.807) is 18.3 Å². The van der Waals surface area contributed by atoms with Crippen molar-refractivity contribution in [1.82, 2.24) is 9.97 Å². The fraction of sp³-hybridized carbons (Fsp3) is 0.200. The molecule has 29 heavy (non-hydrogen) atoms. The number of aromatic amines is 1. The lowest BCUT2D eigenvalue weighted by molar-refractivity contribution is -0.115. The minimum Gasteiger partial charge on any atom is -0.342 e. The molecule has 0 spiro atoms. The van der Waals surface area contributed by atoms with Crippen LogP contribution in [0.25, 0.3) is 11.4 Å². The first-order chi connectivity index (χ1) is 13.8. The lowest BCUT2D eigenvalue weighted by Gasteiger charge is -2.10. The summed E-state index contributed by atoms with van der Waals surface area (Å²) in [5, 5.41) is 7.97. The molecule has 3 aromatic rings. The predicted octanol–water partition coefficient (Wildman–Crippen LogP) is 2.92. The molecule has 1 aliphatic rings. The lowest BCUT2D eigenvalue weighted by atomic mass is 10.1. The van der Waals surface area contributed by atoms with E-state index in [0.717, 1.165) is 18.5 Å². The van der Waals surface area contributed by atoms with Gasteiger partial charge in [-0.15, -0.1) is 0 Å². The van der Waals surface area contributed by atoms with Crippen molar-refractivity contribution in [3.63, 3.8) is 0 Å². The van der Waals surface area contributed by atoms with Gasteiger partial charge in [0.25, 0.3) is 0 Å². The first-order valence-corrected chi connectivity index (χ1v) is 10.6. The molecule has 1 saturated carbocycles. The van der Waals surface area contributed by atoms with E-state index >= 15 is 0 Å². The number of anilines is 1. The van der Waals surface area contributed by atoms with E-state index in [2.05, 4.69) is 15.3 Å². The third-order valence-electron chi connectivity index (χ3n) is 4.75. The number of nitrogens with one attached hydrogen (secondary N) is 2. The number of primary sulfonamides is 1. The number of carbonyl (C=O) groups excluding carboxylic acids is 1. The van der Waals surface area contributed by atoms with E-state index in [0.29, 0.717) is 17.3 Å². The summed E-state index contributed by atoms with van der Waals surface area (Å²) in [5.41, 5.74) is 1.78. The number of hydrogen-bond donors (Lipinski definition) is 3. The Labute approximate surface area is 167 Å². The summed E-state index contributed by atoms with van der Waals surface area (Å²) in [7, 11) is -4.07. The van der Waals surface area contributed by atoms with E-state index in [1.165, 1.54) is 30.3 Å². The number of carbonyl (C=O) groups is 1. The molecular weight excluding hydrogens is 395 g/mol. The molecule has 0 atom stereocenters. The SMILES string of the molecule is NS(=O)(=O)c1cc(NC(=O)Cc2ccccc2F)ccc1-c1ncc(C2CC2)[nH]1. The summed E-state index contributed by atoms with van der Waals surface area (Å²) in [6, 6.07) is 10.3. The highest BCUT2D eigenvalue weighted by molar-refractivity contribution is 7.89. The van der Waals surface area contributed by atoms with Gasteiger partial charge in [0.1, 0.15) is 11.6 Å². The van der Waals surface area contributed by atoms with Gasteiger partial charge in [-0.2, -0.15) is 0 Å². The Morgan fingerprint density at radius 1 is 1.24 bits per heavy atom. The molecule has 1 fully saturated rings. The normalized spacial score (nSPS) is 14.0. The van der Waals surface area contributed by atoms with Crippen LogP contribution in [0.15, 0.2) is 53.6 Å². The number of aromatic nitrogens is 2. The van der Waals surface area contributed by atoms with Crippen molar-refractivity contribution in [2.24, 2.45) is 5.14 Å². The first-order valence-electron chi connectivity index (χ1n) is 9.06. The average Bonchev–Trinajstić information content (AvgIpc) is 3.40. The molecule has 1 aromatic heterocycles. The zero-order chi connectivity index (χ0) is 20.6. The summed E-state index contributed by atoms with van der Waals surface area (Å²) in [6.45, 7) is 0. The Hall–Kier alpha value is -3.04. The summed E-state index contributed by atoms with van der Waals surface area (Å²) < 4.78 is 38.0. The Morgan fingerprint density at radius 3 is 2.69 bits per heavy atom. The Balaban J connectivity index is 1.60. The number of H-pyrrole nitrogens is 1. The number of nitrogens with two attached hydrogens (primary N) is 1. The maximum atomic E-state index is 13.7. The van der Waals surface area contributed by atoms with Crippen LogP contribution < -0.4 is 10.5 Å². The van der Waals surface area contributed by atoms with Gasteiger partial charge in [0.05, 0.1) is 11.3 Å². The summed E-state index contributed by atoms with van der Waals surface area (Å²) in [6.07, 6.45) is 3.68. The van der Waals surface area contributed by atoms with Gasteiger partial charge in [-0.05, 0) is 42.7 Å². The Bertz CT molecular complexity index is 1190. The fourth-order valence-corrected chi connectivity index (χ4v) is 3.89. The Morgan fingerprint density at radius 2 is 2.00 bits per heavy atom. The van der Waals surface area contributed by atoms with Crippen LogP contribution in [0.5, 0.6) is 0 Å². The van der Waals surface area contributed by atoms with E-state index in [-0.39, 0.29) is 22.6 Å². The highest BCUT2D eigenvalue weighted by atomic mass is 32.2. The first kappa shape index (κ1) is 19.3. The molecule has 1 amide bonds. The number of amides is 1. The van der Waals surface area contributed by atoms with Crippen molar-refractivity contribution in [2.75, 3.05) is 5.32 Å². The second-order valence-electron chi connectivity index (χ2n) is 7.03. The number of imidazole rings is 1. The van der Waals surface area contributed by atoms with E-state index in [4.69, 9.17) is 5.14 Å². The van der Waals surface area contributed by atoms with Gasteiger partial charge >= 0.3 is 0 Å². The van der Waals surface area contributed by atoms with Gasteiger partial charge in [-0.1, -0.05) is 18.2 Å². The summed E-state index contributed by atoms with van der Waals surface area (Å²) in [5.74, 6) is -0.115. The fourth-order valence-electron chi connectivity index (χ4n) is 3.13. The Kier molecular flexibility index (Phi) is 4.93. The molecule has 0 bridgehead atoms. The van der Waals surface area contributed by atoms with Gasteiger partial charge < -0.3 is 10.3 Å². The summed E-state index contributed by atoms with van der Waals surface area (Å²) in [4.78, 5) is 19.5. The van der Waals surface area contributed by atoms with Crippen molar-refractivity contribution in [3.8, 4) is 11.4 Å². The minimum atomic E-state index is -4.07. The molecule has 0 aliphatic heterocycles. The molecule has 0 saturated heterocycles. The van der Waals surface area contributed by atoms with Gasteiger partial charge in [-0.3, -0.25) is 4.79 Å². The van der Waals surface area contributed by atoms with Crippen molar-refractivity contribution in [1.29, 1.82) is 0 Å². The van der Waals surface area contributed by atoms with Gasteiger partial charge in [-0.25, -0.2) is 22.9 Å². The monoisotopic (exact) mass is 414 g/mol. The third kappa shape index (κ3) is 4.36. The van der Waals surface area contributed by atoms with Crippen molar-refractivity contribution >= 4 is 21.6 Å². The van der Waals surface area contributed by atoms with Crippen LogP contribution in [0.1, 0.15) is 30.0 Å². The quantitative estimate of drug-likeness (QED) is 0.575. The number of benzene rings is 2. The van der Waals surface area contributed by atoms with Gasteiger partial charge in [0, 0.05) is 29.1 Å². The molecule has 0 radical (unpaired) electrons. The molecule has 2 aromatic carbocycles. The zero-order valence-corrected chi connectivity index (χ0v) is 16.2. The van der Waals surface area contributed by atoms with Crippen molar-refractivity contribution < 1.29 is 17.6 Å². The minimum absolute atomic E-state index is 0.155. The van der Waals surface area contributed by atoms with Crippen LogP contribution in [0.3, 0.4) is 0 Å². The van der Waals surface area contributed by atoms with E-state index < -0.39 is 21.7 Å². The third-order valence-corrected chi connectivity index (χ3v) is 5.70. The van der Waals surface area contributed by atoms with Crippen molar-refractivity contribution in [3.05, 3.63) is 65.7 Å². The molecule has 0 unspecified atom stereocenters. The van der Waals surface area contributed by atoms with Gasteiger partial charge in [0.15, 0.2) is 0 Å². The highest BCUT2D eigenvalue weighted by Gasteiger charge is 2.26. The van der Waals surface area contributed by atoms with E-state index in [9.17, 15) is 17.6 Å².